The molecule has 1 atom stereocenters. The SMILES string of the molecule is C=CN.Cc1nc(Nc2ccccc2S(=O)C(C)C)c2cc[nH]c2n1. The van der Waals surface area contributed by atoms with Crippen LogP contribution in [0.1, 0.15) is 19.7 Å². The first-order valence-electron chi connectivity index (χ1n) is 7.89. The first-order chi connectivity index (χ1) is 12.0. The maximum atomic E-state index is 12.5. The van der Waals surface area contributed by atoms with E-state index in [4.69, 9.17) is 0 Å². The second-order valence-corrected chi connectivity index (χ2v) is 7.54. The van der Waals surface area contributed by atoms with Gasteiger partial charge in [0, 0.05) is 11.4 Å². The van der Waals surface area contributed by atoms with E-state index in [9.17, 15) is 4.21 Å². The van der Waals surface area contributed by atoms with Gasteiger partial charge in [0.1, 0.15) is 17.3 Å². The summed E-state index contributed by atoms with van der Waals surface area (Å²) in [7, 11) is -1.06. The molecule has 1 aromatic carbocycles. The maximum Gasteiger partial charge on any atom is 0.143 e. The molecule has 0 bridgehead atoms. The van der Waals surface area contributed by atoms with E-state index in [2.05, 4.69) is 32.6 Å². The highest BCUT2D eigenvalue weighted by molar-refractivity contribution is 7.85. The molecule has 0 spiro atoms. The molecule has 3 rings (SSSR count). The van der Waals surface area contributed by atoms with E-state index in [0.29, 0.717) is 5.82 Å². The normalized spacial score (nSPS) is 11.7. The molecule has 2 heterocycles. The van der Waals surface area contributed by atoms with Crippen molar-refractivity contribution in [3.8, 4) is 0 Å². The quantitative estimate of drug-likeness (QED) is 0.663. The van der Waals surface area contributed by atoms with Gasteiger partial charge in [-0.15, -0.1) is 0 Å². The average molecular weight is 357 g/mol. The van der Waals surface area contributed by atoms with Crippen LogP contribution in [0.15, 0.2) is 54.2 Å². The fourth-order valence-electron chi connectivity index (χ4n) is 2.28. The summed E-state index contributed by atoms with van der Waals surface area (Å²) in [6.07, 6.45) is 3.09. The van der Waals surface area contributed by atoms with Crippen molar-refractivity contribution in [3.63, 3.8) is 0 Å². The number of rotatable bonds is 4. The third kappa shape index (κ3) is 4.45. The van der Waals surface area contributed by atoms with E-state index < -0.39 is 10.8 Å². The van der Waals surface area contributed by atoms with Crippen LogP contribution in [0.5, 0.6) is 0 Å². The molecule has 0 amide bonds. The average Bonchev–Trinajstić information content (AvgIpc) is 3.04. The maximum absolute atomic E-state index is 12.5. The predicted molar refractivity (Wildman–Crippen MR) is 104 cm³/mol. The van der Waals surface area contributed by atoms with Gasteiger partial charge in [-0.1, -0.05) is 32.6 Å². The second kappa shape index (κ2) is 8.43. The van der Waals surface area contributed by atoms with Gasteiger partial charge in [0.15, 0.2) is 0 Å². The topological polar surface area (TPSA) is 96.7 Å². The van der Waals surface area contributed by atoms with Crippen molar-refractivity contribution >= 4 is 33.3 Å². The Morgan fingerprint density at radius 1 is 1.28 bits per heavy atom. The molecule has 0 aliphatic carbocycles. The lowest BCUT2D eigenvalue weighted by Crippen LogP contribution is -2.08. The van der Waals surface area contributed by atoms with E-state index >= 15 is 0 Å². The van der Waals surface area contributed by atoms with Crippen LogP contribution in [-0.2, 0) is 10.8 Å². The van der Waals surface area contributed by atoms with E-state index in [1.165, 1.54) is 6.20 Å². The summed E-state index contributed by atoms with van der Waals surface area (Å²) in [5, 5.41) is 4.28. The second-order valence-electron chi connectivity index (χ2n) is 5.56. The Bertz CT molecular complexity index is 888. The van der Waals surface area contributed by atoms with E-state index in [1.54, 1.807) is 0 Å². The number of para-hydroxylation sites is 1. The number of hydrogen-bond donors (Lipinski definition) is 3. The lowest BCUT2D eigenvalue weighted by molar-refractivity contribution is 0.677. The number of H-pyrrole nitrogens is 1. The van der Waals surface area contributed by atoms with Crippen molar-refractivity contribution < 1.29 is 4.21 Å². The van der Waals surface area contributed by atoms with Crippen molar-refractivity contribution in [2.45, 2.75) is 30.9 Å². The minimum absolute atomic E-state index is 0.0577. The van der Waals surface area contributed by atoms with Gasteiger partial charge < -0.3 is 16.0 Å². The van der Waals surface area contributed by atoms with E-state index in [0.717, 1.165) is 27.4 Å². The monoisotopic (exact) mass is 357 g/mol. The number of nitrogens with one attached hydrogen (secondary N) is 2. The highest BCUT2D eigenvalue weighted by Gasteiger charge is 2.14. The Morgan fingerprint density at radius 3 is 2.64 bits per heavy atom. The van der Waals surface area contributed by atoms with Gasteiger partial charge in [0.05, 0.1) is 26.8 Å². The summed E-state index contributed by atoms with van der Waals surface area (Å²) >= 11 is 0. The highest BCUT2D eigenvalue weighted by Crippen LogP contribution is 2.28. The zero-order valence-corrected chi connectivity index (χ0v) is 15.4. The summed E-state index contributed by atoms with van der Waals surface area (Å²) in [5.74, 6) is 1.40. The fraction of sp³-hybridized carbons (Fsp3) is 0.222. The van der Waals surface area contributed by atoms with Gasteiger partial charge in [-0.05, 0) is 31.3 Å². The van der Waals surface area contributed by atoms with Crippen LogP contribution < -0.4 is 11.1 Å². The zero-order chi connectivity index (χ0) is 18.4. The molecule has 0 aliphatic rings. The number of aryl methyl sites for hydroxylation is 1. The van der Waals surface area contributed by atoms with Gasteiger partial charge in [-0.3, -0.25) is 4.21 Å². The van der Waals surface area contributed by atoms with Crippen LogP contribution in [0.2, 0.25) is 0 Å². The number of nitrogens with two attached hydrogens (primary N) is 1. The summed E-state index contributed by atoms with van der Waals surface area (Å²) < 4.78 is 12.5. The molecule has 2 aromatic heterocycles. The summed E-state index contributed by atoms with van der Waals surface area (Å²) in [6, 6.07) is 9.56. The van der Waals surface area contributed by atoms with Crippen molar-refractivity contribution in [1.82, 2.24) is 15.0 Å². The number of anilines is 2. The molecule has 0 radical (unpaired) electrons. The Hall–Kier alpha value is -2.67. The van der Waals surface area contributed by atoms with Crippen molar-refractivity contribution in [2.75, 3.05) is 5.32 Å². The number of aromatic nitrogens is 3. The largest absolute Gasteiger partial charge is 0.405 e. The molecule has 4 N–H and O–H groups in total. The van der Waals surface area contributed by atoms with Gasteiger partial charge in [-0.25, -0.2) is 9.97 Å². The molecule has 3 aromatic rings. The van der Waals surface area contributed by atoms with Gasteiger partial charge in [0.2, 0.25) is 0 Å². The van der Waals surface area contributed by atoms with Crippen LogP contribution in [0.3, 0.4) is 0 Å². The van der Waals surface area contributed by atoms with Crippen LogP contribution in [-0.4, -0.2) is 24.4 Å². The first kappa shape index (κ1) is 18.7. The molecular weight excluding hydrogens is 334 g/mol. The molecule has 0 saturated carbocycles. The van der Waals surface area contributed by atoms with Crippen LogP contribution >= 0.6 is 0 Å². The molecule has 25 heavy (non-hydrogen) atoms. The number of aromatic amines is 1. The van der Waals surface area contributed by atoms with Crippen molar-refractivity contribution in [3.05, 3.63) is 55.1 Å². The summed E-state index contributed by atoms with van der Waals surface area (Å²) in [5.41, 5.74) is 6.22. The summed E-state index contributed by atoms with van der Waals surface area (Å²) in [4.78, 5) is 12.7. The highest BCUT2D eigenvalue weighted by atomic mass is 32.2. The third-order valence-corrected chi connectivity index (χ3v) is 4.96. The van der Waals surface area contributed by atoms with Crippen LogP contribution in [0, 0.1) is 6.92 Å². The Morgan fingerprint density at radius 2 is 1.96 bits per heavy atom. The Balaban J connectivity index is 0.000000701. The fourth-order valence-corrected chi connectivity index (χ4v) is 3.33. The molecule has 0 saturated heterocycles. The van der Waals surface area contributed by atoms with E-state index in [-0.39, 0.29) is 5.25 Å². The number of benzene rings is 1. The summed E-state index contributed by atoms with van der Waals surface area (Å²) in [6.45, 7) is 8.89. The minimum atomic E-state index is -1.06. The molecule has 132 valence electrons. The smallest absolute Gasteiger partial charge is 0.143 e. The Kier molecular flexibility index (Phi) is 6.30. The van der Waals surface area contributed by atoms with Crippen LogP contribution in [0.25, 0.3) is 11.0 Å². The minimum Gasteiger partial charge on any atom is -0.405 e. The number of nitrogens with zero attached hydrogens (tertiary/aromatic N) is 2. The van der Waals surface area contributed by atoms with Gasteiger partial charge in [0.25, 0.3) is 0 Å². The zero-order valence-electron chi connectivity index (χ0n) is 14.6. The molecule has 7 heteroatoms. The standard InChI is InChI=1S/C16H18N4OS.C2H5N/c1-10(2)22(21)14-7-5-4-6-13(14)20-16-12-8-9-17-15(12)18-11(3)19-16;1-2-3/h4-10H,1-3H3,(H2,17,18,19,20);2H,1,3H2. The Labute approximate surface area is 150 Å². The number of fused-ring (bicyclic) bond motifs is 1. The van der Waals surface area contributed by atoms with E-state index in [1.807, 2.05) is 57.3 Å². The first-order valence-corrected chi connectivity index (χ1v) is 9.10. The molecular formula is C18H23N5OS. The van der Waals surface area contributed by atoms with Crippen molar-refractivity contribution in [2.24, 2.45) is 5.73 Å². The lowest BCUT2D eigenvalue weighted by atomic mass is 10.3. The van der Waals surface area contributed by atoms with Gasteiger partial charge >= 0.3 is 0 Å². The molecule has 1 unspecified atom stereocenters. The third-order valence-electron chi connectivity index (χ3n) is 3.31. The van der Waals surface area contributed by atoms with Crippen LogP contribution in [0.4, 0.5) is 11.5 Å². The predicted octanol–water partition coefficient (Wildman–Crippen LogP) is 3.61. The van der Waals surface area contributed by atoms with Gasteiger partial charge in [-0.2, -0.15) is 0 Å². The molecule has 6 nitrogen and oxygen atoms in total. The molecule has 0 aliphatic heterocycles. The van der Waals surface area contributed by atoms with Crippen molar-refractivity contribution in [1.29, 1.82) is 0 Å². The molecule has 0 fully saturated rings. The lowest BCUT2D eigenvalue weighted by Gasteiger charge is -2.13. The number of hydrogen-bond acceptors (Lipinski definition) is 5.